The highest BCUT2D eigenvalue weighted by molar-refractivity contribution is 7.92. The second-order valence-electron chi connectivity index (χ2n) is 4.34. The predicted molar refractivity (Wildman–Crippen MR) is 62.6 cm³/mol. The second-order valence-corrected chi connectivity index (χ2v) is 7.39. The summed E-state index contributed by atoms with van der Waals surface area (Å²) in [6.07, 6.45) is 2.37. The molecule has 1 aromatic heterocycles. The van der Waals surface area contributed by atoms with Crippen molar-refractivity contribution in [2.45, 2.75) is 35.6 Å². The SMILES string of the molecule is CS(=O)(=O)c1nc(C2(O)CCC(=O)CC2)cs1. The molecule has 0 aliphatic heterocycles. The molecule has 1 aliphatic rings. The van der Waals surface area contributed by atoms with Crippen molar-refractivity contribution >= 4 is 27.0 Å². The molecular formula is C10H13NO4S2. The number of Topliss-reactive ketones (excluding diaryl/α,β-unsaturated/α-hetero) is 1. The number of carbonyl (C=O) groups excluding carboxylic acids is 1. The van der Waals surface area contributed by atoms with Crippen LogP contribution in [-0.2, 0) is 20.2 Å². The molecule has 7 heteroatoms. The van der Waals surface area contributed by atoms with E-state index in [0.717, 1.165) is 17.6 Å². The maximum Gasteiger partial charge on any atom is 0.209 e. The number of nitrogens with zero attached hydrogens (tertiary/aromatic N) is 1. The average molecular weight is 275 g/mol. The van der Waals surface area contributed by atoms with Crippen molar-refractivity contribution in [1.82, 2.24) is 4.98 Å². The van der Waals surface area contributed by atoms with Gasteiger partial charge in [-0.15, -0.1) is 11.3 Å². The molecule has 94 valence electrons. The summed E-state index contributed by atoms with van der Waals surface area (Å²) >= 11 is 1.01. The monoisotopic (exact) mass is 275 g/mol. The molecule has 0 aromatic carbocycles. The Kier molecular flexibility index (Phi) is 3.09. The zero-order chi connectivity index (χ0) is 12.7. The zero-order valence-electron chi connectivity index (χ0n) is 9.34. The Balaban J connectivity index is 2.29. The maximum absolute atomic E-state index is 11.3. The zero-order valence-corrected chi connectivity index (χ0v) is 11.0. The third kappa shape index (κ3) is 2.56. The second kappa shape index (κ2) is 4.15. The molecule has 1 heterocycles. The summed E-state index contributed by atoms with van der Waals surface area (Å²) in [5.74, 6) is 0.133. The van der Waals surface area contributed by atoms with Crippen molar-refractivity contribution in [2.75, 3.05) is 6.26 Å². The molecule has 2 rings (SSSR count). The Morgan fingerprint density at radius 2 is 2.00 bits per heavy atom. The lowest BCUT2D eigenvalue weighted by Gasteiger charge is -2.29. The van der Waals surface area contributed by atoms with Gasteiger partial charge in [0, 0.05) is 24.5 Å². The highest BCUT2D eigenvalue weighted by atomic mass is 32.2. The Morgan fingerprint density at radius 1 is 1.41 bits per heavy atom. The Morgan fingerprint density at radius 3 is 2.47 bits per heavy atom. The number of hydrogen-bond acceptors (Lipinski definition) is 6. The summed E-state index contributed by atoms with van der Waals surface area (Å²) in [4.78, 5) is 15.1. The van der Waals surface area contributed by atoms with E-state index in [0.29, 0.717) is 31.4 Å². The molecule has 1 fully saturated rings. The fourth-order valence-corrected chi connectivity index (χ4v) is 3.58. The molecule has 0 amide bonds. The van der Waals surface area contributed by atoms with E-state index in [2.05, 4.69) is 4.98 Å². The smallest absolute Gasteiger partial charge is 0.209 e. The topological polar surface area (TPSA) is 84.3 Å². The molecule has 5 nitrogen and oxygen atoms in total. The van der Waals surface area contributed by atoms with Gasteiger partial charge in [0.2, 0.25) is 14.2 Å². The summed E-state index contributed by atoms with van der Waals surface area (Å²) in [5.41, 5.74) is -0.775. The summed E-state index contributed by atoms with van der Waals surface area (Å²) in [5, 5.41) is 11.9. The normalized spacial score (nSPS) is 20.5. The summed E-state index contributed by atoms with van der Waals surface area (Å²) in [6, 6.07) is 0. The van der Waals surface area contributed by atoms with Crippen LogP contribution in [0.1, 0.15) is 31.4 Å². The van der Waals surface area contributed by atoms with Crippen molar-refractivity contribution in [1.29, 1.82) is 0 Å². The molecule has 0 unspecified atom stereocenters. The quantitative estimate of drug-likeness (QED) is 0.866. The lowest BCUT2D eigenvalue weighted by Crippen LogP contribution is -2.32. The van der Waals surface area contributed by atoms with Crippen molar-refractivity contribution in [3.63, 3.8) is 0 Å². The highest BCUT2D eigenvalue weighted by Crippen LogP contribution is 2.36. The molecule has 0 saturated heterocycles. The number of rotatable bonds is 2. The van der Waals surface area contributed by atoms with Crippen LogP contribution in [0, 0.1) is 0 Å². The highest BCUT2D eigenvalue weighted by Gasteiger charge is 2.36. The Hall–Kier alpha value is -0.790. The van der Waals surface area contributed by atoms with Gasteiger partial charge in [0.05, 0.1) is 5.69 Å². The molecule has 1 N–H and O–H groups in total. The van der Waals surface area contributed by atoms with Gasteiger partial charge in [-0.05, 0) is 12.8 Å². The largest absolute Gasteiger partial charge is 0.383 e. The first-order valence-corrected chi connectivity index (χ1v) is 7.98. The van der Waals surface area contributed by atoms with E-state index in [9.17, 15) is 18.3 Å². The standard InChI is InChI=1S/C10H13NO4S2/c1-17(14,15)9-11-8(6-16-9)10(13)4-2-7(12)3-5-10/h6,13H,2-5H2,1H3. The molecule has 0 radical (unpaired) electrons. The molecular weight excluding hydrogens is 262 g/mol. The van der Waals surface area contributed by atoms with Crippen LogP contribution >= 0.6 is 11.3 Å². The molecule has 0 spiro atoms. The molecule has 1 aliphatic carbocycles. The van der Waals surface area contributed by atoms with E-state index in [4.69, 9.17) is 0 Å². The third-order valence-electron chi connectivity index (χ3n) is 2.91. The van der Waals surface area contributed by atoms with Crippen LogP contribution < -0.4 is 0 Å². The van der Waals surface area contributed by atoms with Gasteiger partial charge in [-0.3, -0.25) is 4.79 Å². The van der Waals surface area contributed by atoms with E-state index in [-0.39, 0.29) is 10.1 Å². The molecule has 1 aromatic rings. The van der Waals surface area contributed by atoms with Gasteiger partial charge in [0.15, 0.2) is 0 Å². The van der Waals surface area contributed by atoms with E-state index < -0.39 is 15.4 Å². The van der Waals surface area contributed by atoms with E-state index >= 15 is 0 Å². The summed E-state index contributed by atoms with van der Waals surface area (Å²) < 4.78 is 22.6. The number of hydrogen-bond donors (Lipinski definition) is 1. The predicted octanol–water partition coefficient (Wildman–Crippen LogP) is 0.877. The van der Waals surface area contributed by atoms with Crippen molar-refractivity contribution in [3.05, 3.63) is 11.1 Å². The van der Waals surface area contributed by atoms with Crippen molar-refractivity contribution in [2.24, 2.45) is 0 Å². The van der Waals surface area contributed by atoms with Crippen LogP contribution in [0.2, 0.25) is 0 Å². The van der Waals surface area contributed by atoms with Crippen LogP contribution in [0.3, 0.4) is 0 Å². The fraction of sp³-hybridized carbons (Fsp3) is 0.600. The first-order chi connectivity index (χ1) is 7.81. The molecule has 1 saturated carbocycles. The third-order valence-corrected chi connectivity index (χ3v) is 5.47. The minimum absolute atomic E-state index is 0.0119. The lowest BCUT2D eigenvalue weighted by atomic mass is 9.82. The summed E-state index contributed by atoms with van der Waals surface area (Å²) in [6.45, 7) is 0. The average Bonchev–Trinajstić information content (AvgIpc) is 2.72. The first-order valence-electron chi connectivity index (χ1n) is 5.21. The van der Waals surface area contributed by atoms with E-state index in [1.807, 2.05) is 0 Å². The Bertz CT molecular complexity index is 536. The van der Waals surface area contributed by atoms with Gasteiger partial charge in [-0.2, -0.15) is 0 Å². The number of ketones is 1. The van der Waals surface area contributed by atoms with Gasteiger partial charge in [-0.1, -0.05) is 0 Å². The number of aliphatic hydroxyl groups is 1. The van der Waals surface area contributed by atoms with E-state index in [1.165, 1.54) is 0 Å². The minimum atomic E-state index is -3.33. The van der Waals surface area contributed by atoms with Crippen LogP contribution in [0.4, 0.5) is 0 Å². The lowest BCUT2D eigenvalue weighted by molar-refractivity contribution is -0.125. The van der Waals surface area contributed by atoms with E-state index in [1.54, 1.807) is 5.38 Å². The number of carbonyl (C=O) groups is 1. The van der Waals surface area contributed by atoms with Gasteiger partial charge >= 0.3 is 0 Å². The number of sulfone groups is 1. The van der Waals surface area contributed by atoms with Crippen LogP contribution in [0.5, 0.6) is 0 Å². The van der Waals surface area contributed by atoms with Gasteiger partial charge in [-0.25, -0.2) is 13.4 Å². The van der Waals surface area contributed by atoms with Crippen LogP contribution in [0.15, 0.2) is 9.72 Å². The van der Waals surface area contributed by atoms with Crippen molar-refractivity contribution < 1.29 is 18.3 Å². The first kappa shape index (κ1) is 12.7. The summed E-state index contributed by atoms with van der Waals surface area (Å²) in [7, 11) is -3.33. The number of thiazole rings is 1. The Labute approximate surface area is 103 Å². The molecule has 0 atom stereocenters. The fourth-order valence-electron chi connectivity index (χ4n) is 1.84. The van der Waals surface area contributed by atoms with Gasteiger partial charge < -0.3 is 5.11 Å². The van der Waals surface area contributed by atoms with Gasteiger partial charge in [0.25, 0.3) is 0 Å². The van der Waals surface area contributed by atoms with Crippen LogP contribution in [0.25, 0.3) is 0 Å². The number of aromatic nitrogens is 1. The minimum Gasteiger partial charge on any atom is -0.383 e. The molecule has 17 heavy (non-hydrogen) atoms. The molecule has 0 bridgehead atoms. The maximum atomic E-state index is 11.3. The van der Waals surface area contributed by atoms with Gasteiger partial charge in [0.1, 0.15) is 11.4 Å². The van der Waals surface area contributed by atoms with Crippen molar-refractivity contribution in [3.8, 4) is 0 Å². The van der Waals surface area contributed by atoms with Crippen LogP contribution in [-0.4, -0.2) is 30.5 Å².